The molecule has 0 fully saturated rings. The van der Waals surface area contributed by atoms with Crippen LogP contribution in [-0.2, 0) is 0 Å². The number of para-hydroxylation sites is 1. The van der Waals surface area contributed by atoms with Crippen LogP contribution < -0.4 is 10.1 Å². The average Bonchev–Trinajstić information content (AvgIpc) is 2.74. The Balaban J connectivity index is 1.73. The summed E-state index contributed by atoms with van der Waals surface area (Å²) in [6, 6.07) is 23.9. The first-order chi connectivity index (χ1) is 13.6. The Morgan fingerprint density at radius 3 is 2.36 bits per heavy atom. The standard InChI is InChI=1S/C24H24N2O2/c1-16-7-9-17(10-8-16)21-15-22(20-5-3-4-6-23(20)27)26-24(25-21)18-11-13-19(28-2)14-12-18/h3-14,22,24,26-27H,15H2,1-2H3/t22-,24-/m1/s1. The predicted molar refractivity (Wildman–Crippen MR) is 112 cm³/mol. The number of aryl methyl sites for hydroxylation is 1. The van der Waals surface area contributed by atoms with E-state index in [0.29, 0.717) is 12.2 Å². The molecule has 1 aliphatic heterocycles. The number of hydrogen-bond acceptors (Lipinski definition) is 4. The topological polar surface area (TPSA) is 53.9 Å². The molecule has 4 nitrogen and oxygen atoms in total. The normalized spacial score (nSPS) is 19.1. The molecule has 4 heteroatoms. The van der Waals surface area contributed by atoms with E-state index in [0.717, 1.165) is 28.2 Å². The maximum absolute atomic E-state index is 10.4. The van der Waals surface area contributed by atoms with Gasteiger partial charge >= 0.3 is 0 Å². The number of aromatic hydroxyl groups is 1. The summed E-state index contributed by atoms with van der Waals surface area (Å²) in [5.41, 5.74) is 5.33. The molecule has 2 N–H and O–H groups in total. The van der Waals surface area contributed by atoms with Crippen LogP contribution in [0.15, 0.2) is 77.8 Å². The summed E-state index contributed by atoms with van der Waals surface area (Å²) in [5, 5.41) is 14.0. The van der Waals surface area contributed by atoms with Crippen LogP contribution in [0, 0.1) is 6.92 Å². The zero-order chi connectivity index (χ0) is 19.5. The van der Waals surface area contributed by atoms with Gasteiger partial charge in [0.25, 0.3) is 0 Å². The van der Waals surface area contributed by atoms with Crippen molar-refractivity contribution in [2.75, 3.05) is 7.11 Å². The molecule has 2 atom stereocenters. The highest BCUT2D eigenvalue weighted by Crippen LogP contribution is 2.34. The fourth-order valence-corrected chi connectivity index (χ4v) is 3.57. The number of benzene rings is 3. The summed E-state index contributed by atoms with van der Waals surface area (Å²) in [6.07, 6.45) is 0.522. The molecule has 0 spiro atoms. The third-order valence-corrected chi connectivity index (χ3v) is 5.17. The fourth-order valence-electron chi connectivity index (χ4n) is 3.57. The van der Waals surface area contributed by atoms with Gasteiger partial charge in [0.15, 0.2) is 0 Å². The SMILES string of the molecule is COc1ccc([C@@H]2N=C(c3ccc(C)cc3)C[C@H](c3ccccc3O)N2)cc1. The van der Waals surface area contributed by atoms with Crippen molar-refractivity contribution in [1.29, 1.82) is 0 Å². The van der Waals surface area contributed by atoms with Crippen LogP contribution in [0.5, 0.6) is 11.5 Å². The molecule has 0 saturated carbocycles. The van der Waals surface area contributed by atoms with Crippen LogP contribution in [0.4, 0.5) is 0 Å². The minimum atomic E-state index is -0.194. The van der Waals surface area contributed by atoms with E-state index >= 15 is 0 Å². The quantitative estimate of drug-likeness (QED) is 0.683. The van der Waals surface area contributed by atoms with Gasteiger partial charge in [0, 0.05) is 23.7 Å². The molecule has 1 heterocycles. The van der Waals surface area contributed by atoms with Crippen LogP contribution >= 0.6 is 0 Å². The van der Waals surface area contributed by atoms with Crippen LogP contribution in [0.1, 0.15) is 40.9 Å². The van der Waals surface area contributed by atoms with Gasteiger partial charge in [0.05, 0.1) is 7.11 Å². The highest BCUT2D eigenvalue weighted by Gasteiger charge is 2.27. The largest absolute Gasteiger partial charge is 0.508 e. The number of aliphatic imine (C=N–C) groups is 1. The van der Waals surface area contributed by atoms with E-state index in [1.165, 1.54) is 5.56 Å². The number of methoxy groups -OCH3 is 1. The summed E-state index contributed by atoms with van der Waals surface area (Å²) in [7, 11) is 1.66. The second-order valence-electron chi connectivity index (χ2n) is 7.10. The Morgan fingerprint density at radius 2 is 1.68 bits per heavy atom. The van der Waals surface area contributed by atoms with E-state index in [1.807, 2.05) is 42.5 Å². The lowest BCUT2D eigenvalue weighted by Gasteiger charge is -2.31. The molecular weight excluding hydrogens is 348 g/mol. The molecule has 142 valence electrons. The van der Waals surface area contributed by atoms with Crippen molar-refractivity contribution in [1.82, 2.24) is 5.32 Å². The minimum Gasteiger partial charge on any atom is -0.508 e. The molecule has 3 aromatic rings. The van der Waals surface area contributed by atoms with Crippen LogP contribution in [0.2, 0.25) is 0 Å². The highest BCUT2D eigenvalue weighted by molar-refractivity contribution is 6.01. The molecule has 0 unspecified atom stereocenters. The van der Waals surface area contributed by atoms with Crippen molar-refractivity contribution in [3.63, 3.8) is 0 Å². The molecule has 28 heavy (non-hydrogen) atoms. The summed E-state index contributed by atoms with van der Waals surface area (Å²) in [4.78, 5) is 5.00. The average molecular weight is 372 g/mol. The molecule has 0 aromatic heterocycles. The van der Waals surface area contributed by atoms with Gasteiger partial charge in [-0.15, -0.1) is 0 Å². The van der Waals surface area contributed by atoms with Crippen molar-refractivity contribution in [2.24, 2.45) is 4.99 Å². The van der Waals surface area contributed by atoms with Crippen molar-refractivity contribution in [2.45, 2.75) is 25.6 Å². The molecule has 0 amide bonds. The number of nitrogens with zero attached hydrogens (tertiary/aromatic N) is 1. The lowest BCUT2D eigenvalue weighted by Crippen LogP contribution is -2.33. The van der Waals surface area contributed by atoms with Gasteiger partial charge in [-0.1, -0.05) is 60.2 Å². The van der Waals surface area contributed by atoms with Crippen molar-refractivity contribution in [3.8, 4) is 11.5 Å². The second kappa shape index (κ2) is 7.87. The Bertz CT molecular complexity index is 978. The first-order valence-electron chi connectivity index (χ1n) is 9.45. The van der Waals surface area contributed by atoms with Gasteiger partial charge in [0.2, 0.25) is 0 Å². The van der Waals surface area contributed by atoms with Gasteiger partial charge in [0.1, 0.15) is 17.7 Å². The van der Waals surface area contributed by atoms with Gasteiger partial charge in [-0.2, -0.15) is 0 Å². The monoisotopic (exact) mass is 372 g/mol. The van der Waals surface area contributed by atoms with Gasteiger partial charge in [-0.25, -0.2) is 0 Å². The van der Waals surface area contributed by atoms with Crippen LogP contribution in [-0.4, -0.2) is 17.9 Å². The second-order valence-corrected chi connectivity index (χ2v) is 7.10. The smallest absolute Gasteiger partial charge is 0.126 e. The number of ether oxygens (including phenoxy) is 1. The molecule has 0 saturated heterocycles. The lowest BCUT2D eigenvalue weighted by molar-refractivity contribution is 0.408. The molecule has 1 aliphatic rings. The van der Waals surface area contributed by atoms with Crippen molar-refractivity contribution < 1.29 is 9.84 Å². The van der Waals surface area contributed by atoms with E-state index in [9.17, 15) is 5.11 Å². The molecule has 0 aliphatic carbocycles. The summed E-state index contributed by atoms with van der Waals surface area (Å²) in [5.74, 6) is 1.12. The van der Waals surface area contributed by atoms with Crippen LogP contribution in [0.25, 0.3) is 0 Å². The Hall–Kier alpha value is -3.11. The van der Waals surface area contributed by atoms with E-state index < -0.39 is 0 Å². The number of rotatable bonds is 4. The minimum absolute atomic E-state index is 0.0258. The Kier molecular flexibility index (Phi) is 5.13. The first-order valence-corrected chi connectivity index (χ1v) is 9.45. The van der Waals surface area contributed by atoms with Crippen LogP contribution in [0.3, 0.4) is 0 Å². The number of phenolic OH excluding ortho intramolecular Hbond substituents is 1. The van der Waals surface area contributed by atoms with Crippen molar-refractivity contribution in [3.05, 3.63) is 95.1 Å². The van der Waals surface area contributed by atoms with Gasteiger partial charge in [-0.05, 0) is 36.2 Å². The number of hydrogen-bond donors (Lipinski definition) is 2. The maximum Gasteiger partial charge on any atom is 0.126 e. The Labute approximate surface area is 165 Å². The molecule has 0 bridgehead atoms. The summed E-state index contributed by atoms with van der Waals surface area (Å²) >= 11 is 0. The van der Waals surface area contributed by atoms with E-state index in [-0.39, 0.29) is 12.2 Å². The molecule has 3 aromatic carbocycles. The molecule has 0 radical (unpaired) electrons. The van der Waals surface area contributed by atoms with E-state index in [2.05, 4.69) is 36.5 Å². The predicted octanol–water partition coefficient (Wildman–Crippen LogP) is 4.93. The lowest BCUT2D eigenvalue weighted by atomic mass is 9.93. The number of phenols is 1. The third-order valence-electron chi connectivity index (χ3n) is 5.17. The number of nitrogens with one attached hydrogen (secondary N) is 1. The zero-order valence-electron chi connectivity index (χ0n) is 16.1. The summed E-state index contributed by atoms with van der Waals surface area (Å²) < 4.78 is 5.28. The third kappa shape index (κ3) is 3.78. The van der Waals surface area contributed by atoms with Crippen molar-refractivity contribution >= 4 is 5.71 Å². The molecule has 4 rings (SSSR count). The van der Waals surface area contributed by atoms with Gasteiger partial charge in [-0.3, -0.25) is 10.3 Å². The fraction of sp³-hybridized carbons (Fsp3) is 0.208. The molecular formula is C24H24N2O2. The Morgan fingerprint density at radius 1 is 0.964 bits per heavy atom. The maximum atomic E-state index is 10.4. The highest BCUT2D eigenvalue weighted by atomic mass is 16.5. The zero-order valence-corrected chi connectivity index (χ0v) is 16.1. The van der Waals surface area contributed by atoms with E-state index in [1.54, 1.807) is 13.2 Å². The van der Waals surface area contributed by atoms with Gasteiger partial charge < -0.3 is 9.84 Å². The van der Waals surface area contributed by atoms with E-state index in [4.69, 9.17) is 9.73 Å². The first kappa shape index (κ1) is 18.3. The summed E-state index contributed by atoms with van der Waals surface area (Å²) in [6.45, 7) is 2.08.